The highest BCUT2D eigenvalue weighted by atomic mass is 35.5. The molecule has 1 atom stereocenters. The van der Waals surface area contributed by atoms with Crippen molar-refractivity contribution in [3.63, 3.8) is 0 Å². The van der Waals surface area contributed by atoms with Crippen LogP contribution in [0.2, 0.25) is 10.0 Å². The van der Waals surface area contributed by atoms with Crippen molar-refractivity contribution in [1.82, 2.24) is 9.80 Å². The molecular formula is C21H24Cl3N2O-. The van der Waals surface area contributed by atoms with Crippen LogP contribution in [-0.4, -0.2) is 42.4 Å². The van der Waals surface area contributed by atoms with Crippen LogP contribution in [0.25, 0.3) is 0 Å². The first-order valence-electron chi connectivity index (χ1n) is 9.01. The second-order valence-corrected chi connectivity index (χ2v) is 7.68. The zero-order chi connectivity index (χ0) is 18.5. The molecule has 1 aliphatic heterocycles. The van der Waals surface area contributed by atoms with Crippen LogP contribution in [0, 0.1) is 0 Å². The van der Waals surface area contributed by atoms with Gasteiger partial charge in [0.2, 0.25) is 5.91 Å². The second-order valence-electron chi connectivity index (χ2n) is 6.86. The number of amides is 1. The first-order valence-corrected chi connectivity index (χ1v) is 9.77. The molecule has 0 unspecified atom stereocenters. The molecule has 1 fully saturated rings. The molecule has 0 radical (unpaired) electrons. The lowest BCUT2D eigenvalue weighted by molar-refractivity contribution is -0.131. The van der Waals surface area contributed by atoms with Crippen LogP contribution < -0.4 is 12.4 Å². The number of hydrogen-bond donors (Lipinski definition) is 0. The van der Waals surface area contributed by atoms with Crippen molar-refractivity contribution in [2.75, 3.05) is 26.7 Å². The van der Waals surface area contributed by atoms with E-state index in [-0.39, 0.29) is 24.4 Å². The number of carbonyl (C=O) groups excluding carboxylic acids is 1. The van der Waals surface area contributed by atoms with Crippen molar-refractivity contribution in [2.24, 2.45) is 0 Å². The Morgan fingerprint density at radius 3 is 2.37 bits per heavy atom. The Morgan fingerprint density at radius 2 is 1.74 bits per heavy atom. The highest BCUT2D eigenvalue weighted by molar-refractivity contribution is 6.42. The van der Waals surface area contributed by atoms with Crippen LogP contribution in [-0.2, 0) is 11.2 Å². The summed E-state index contributed by atoms with van der Waals surface area (Å²) in [6.07, 6.45) is 2.79. The molecule has 2 aromatic rings. The molecule has 0 spiro atoms. The average Bonchev–Trinajstić information content (AvgIpc) is 3.16. The zero-order valence-corrected chi connectivity index (χ0v) is 17.6. The van der Waals surface area contributed by atoms with Crippen LogP contribution in [0.4, 0.5) is 0 Å². The first kappa shape index (κ1) is 22.0. The van der Waals surface area contributed by atoms with E-state index in [9.17, 15) is 4.79 Å². The normalized spacial score (nSPS) is 15.2. The Kier molecular flexibility index (Phi) is 8.43. The summed E-state index contributed by atoms with van der Waals surface area (Å²) >= 11 is 12.1. The van der Waals surface area contributed by atoms with E-state index >= 15 is 0 Å². The van der Waals surface area contributed by atoms with Gasteiger partial charge in [0.15, 0.2) is 0 Å². The number of likely N-dealkylation sites (tertiary alicyclic amines) is 1. The second kappa shape index (κ2) is 10.3. The van der Waals surface area contributed by atoms with Crippen molar-refractivity contribution in [2.45, 2.75) is 25.3 Å². The quantitative estimate of drug-likeness (QED) is 0.704. The smallest absolute Gasteiger partial charge is 0.227 e. The van der Waals surface area contributed by atoms with Crippen LogP contribution in [0.15, 0.2) is 48.5 Å². The van der Waals surface area contributed by atoms with Crippen molar-refractivity contribution in [1.29, 1.82) is 0 Å². The summed E-state index contributed by atoms with van der Waals surface area (Å²) in [7, 11) is 1.90. The number of halogens is 3. The molecule has 27 heavy (non-hydrogen) atoms. The standard InChI is InChI=1S/C21H24Cl2N2O.ClH/c1-24(21(26)14-16-9-10-18(22)19(23)13-16)20(15-25-11-5-6-12-25)17-7-3-2-4-8-17;/h2-4,7-10,13,20H,5-6,11-12,14-15H2,1H3;1H/p-1/t20-;/m1./s1. The van der Waals surface area contributed by atoms with E-state index in [1.165, 1.54) is 18.4 Å². The number of benzene rings is 2. The maximum Gasteiger partial charge on any atom is 0.227 e. The molecule has 0 aliphatic carbocycles. The van der Waals surface area contributed by atoms with Crippen LogP contribution in [0.3, 0.4) is 0 Å². The number of hydrogen-bond acceptors (Lipinski definition) is 2. The Labute approximate surface area is 177 Å². The summed E-state index contributed by atoms with van der Waals surface area (Å²) in [6, 6.07) is 15.7. The van der Waals surface area contributed by atoms with E-state index < -0.39 is 0 Å². The van der Waals surface area contributed by atoms with Crippen molar-refractivity contribution >= 4 is 29.1 Å². The van der Waals surface area contributed by atoms with Crippen LogP contribution in [0.1, 0.15) is 30.0 Å². The summed E-state index contributed by atoms with van der Waals surface area (Å²) in [6.45, 7) is 3.09. The van der Waals surface area contributed by atoms with Crippen molar-refractivity contribution < 1.29 is 17.2 Å². The molecule has 1 aliphatic rings. The van der Waals surface area contributed by atoms with Gasteiger partial charge in [-0.15, -0.1) is 0 Å². The van der Waals surface area contributed by atoms with Gasteiger partial charge in [0, 0.05) is 13.6 Å². The maximum atomic E-state index is 12.9. The van der Waals surface area contributed by atoms with E-state index in [1.807, 2.05) is 36.2 Å². The van der Waals surface area contributed by atoms with Crippen LogP contribution in [0.5, 0.6) is 0 Å². The van der Waals surface area contributed by atoms with Gasteiger partial charge in [-0.05, 0) is 49.2 Å². The van der Waals surface area contributed by atoms with Gasteiger partial charge in [-0.2, -0.15) is 0 Å². The predicted octanol–water partition coefficient (Wildman–Crippen LogP) is 1.84. The Bertz CT molecular complexity index is 748. The molecule has 3 rings (SSSR count). The average molecular weight is 427 g/mol. The lowest BCUT2D eigenvalue weighted by Gasteiger charge is -2.32. The van der Waals surface area contributed by atoms with E-state index in [0.29, 0.717) is 16.5 Å². The van der Waals surface area contributed by atoms with E-state index in [0.717, 1.165) is 25.2 Å². The molecular weight excluding hydrogens is 403 g/mol. The minimum atomic E-state index is 0. The number of likely N-dealkylation sites (N-methyl/N-ethyl adjacent to an activating group) is 1. The molecule has 1 amide bonds. The number of rotatable bonds is 6. The van der Waals surface area contributed by atoms with Gasteiger partial charge in [0.25, 0.3) is 0 Å². The topological polar surface area (TPSA) is 23.6 Å². The fraction of sp³-hybridized carbons (Fsp3) is 0.381. The molecule has 1 heterocycles. The van der Waals surface area contributed by atoms with Gasteiger partial charge in [-0.25, -0.2) is 0 Å². The monoisotopic (exact) mass is 425 g/mol. The largest absolute Gasteiger partial charge is 1.00 e. The molecule has 146 valence electrons. The number of carbonyl (C=O) groups is 1. The Balaban J connectivity index is 0.00000261. The molecule has 0 bridgehead atoms. The number of nitrogens with zero attached hydrogens (tertiary/aromatic N) is 2. The molecule has 3 nitrogen and oxygen atoms in total. The van der Waals surface area contributed by atoms with Gasteiger partial charge in [0.05, 0.1) is 22.5 Å². The third-order valence-electron chi connectivity index (χ3n) is 5.01. The Morgan fingerprint density at radius 1 is 1.07 bits per heavy atom. The van der Waals surface area contributed by atoms with Crippen molar-refractivity contribution in [3.8, 4) is 0 Å². The maximum absolute atomic E-state index is 12.9. The molecule has 2 aromatic carbocycles. The third kappa shape index (κ3) is 5.86. The molecule has 1 saturated heterocycles. The van der Waals surface area contributed by atoms with Crippen molar-refractivity contribution in [3.05, 3.63) is 69.7 Å². The summed E-state index contributed by atoms with van der Waals surface area (Å²) in [5.41, 5.74) is 2.05. The summed E-state index contributed by atoms with van der Waals surface area (Å²) in [5.74, 6) is 0.0800. The van der Waals surface area contributed by atoms with E-state index in [4.69, 9.17) is 23.2 Å². The Hall–Kier alpha value is -1.26. The van der Waals surface area contributed by atoms with Gasteiger partial charge in [-0.3, -0.25) is 4.79 Å². The van der Waals surface area contributed by atoms with E-state index in [2.05, 4.69) is 17.0 Å². The van der Waals surface area contributed by atoms with Gasteiger partial charge < -0.3 is 22.2 Å². The summed E-state index contributed by atoms with van der Waals surface area (Å²) in [4.78, 5) is 17.2. The first-order chi connectivity index (χ1) is 12.5. The van der Waals surface area contributed by atoms with Gasteiger partial charge >= 0.3 is 0 Å². The SMILES string of the molecule is CN(C(=O)Cc1ccc(Cl)c(Cl)c1)[C@H](CN1CCCC1)c1ccccc1.[Cl-]. The van der Waals surface area contributed by atoms with E-state index in [1.54, 1.807) is 12.1 Å². The fourth-order valence-electron chi connectivity index (χ4n) is 3.46. The third-order valence-corrected chi connectivity index (χ3v) is 5.75. The van der Waals surface area contributed by atoms with Gasteiger partial charge in [-0.1, -0.05) is 59.6 Å². The molecule has 0 N–H and O–H groups in total. The summed E-state index contributed by atoms with van der Waals surface area (Å²) < 4.78 is 0. The zero-order valence-electron chi connectivity index (χ0n) is 15.4. The van der Waals surface area contributed by atoms with Crippen LogP contribution >= 0.6 is 23.2 Å². The molecule has 0 saturated carbocycles. The summed E-state index contributed by atoms with van der Waals surface area (Å²) in [5, 5.41) is 0.990. The van der Waals surface area contributed by atoms with Gasteiger partial charge in [0.1, 0.15) is 0 Å². The fourth-order valence-corrected chi connectivity index (χ4v) is 3.78. The molecule has 0 aromatic heterocycles. The lowest BCUT2D eigenvalue weighted by atomic mass is 10.0. The molecule has 6 heteroatoms. The highest BCUT2D eigenvalue weighted by Gasteiger charge is 2.25. The lowest BCUT2D eigenvalue weighted by Crippen LogP contribution is -3.00. The minimum Gasteiger partial charge on any atom is -1.00 e. The predicted molar refractivity (Wildman–Crippen MR) is 108 cm³/mol. The highest BCUT2D eigenvalue weighted by Crippen LogP contribution is 2.26. The minimum absolute atomic E-state index is 0.